The highest BCUT2D eigenvalue weighted by Gasteiger charge is 2.04. The first-order valence-electron chi connectivity index (χ1n) is 6.12. The Labute approximate surface area is 122 Å². The molecule has 0 saturated heterocycles. The first-order chi connectivity index (χ1) is 9.27. The van der Waals surface area contributed by atoms with Crippen molar-refractivity contribution >= 4 is 21.6 Å². The monoisotopic (exact) mass is 323 g/mol. The number of allylic oxidation sites excluding steroid dienone is 1. The molecule has 1 unspecified atom stereocenters. The van der Waals surface area contributed by atoms with E-state index in [1.165, 1.54) is 0 Å². The fraction of sp³-hybridized carbons (Fsp3) is 0.357. The number of hydrogen-bond acceptors (Lipinski definition) is 4. The van der Waals surface area contributed by atoms with E-state index in [0.29, 0.717) is 19.6 Å². The maximum Gasteiger partial charge on any atom is 0.0868 e. The lowest BCUT2D eigenvalue weighted by atomic mass is 10.1. The van der Waals surface area contributed by atoms with Gasteiger partial charge in [0.1, 0.15) is 0 Å². The summed E-state index contributed by atoms with van der Waals surface area (Å²) in [6.45, 7) is 0.907. The lowest BCUT2D eigenvalue weighted by Crippen LogP contribution is -2.19. The molecule has 0 aliphatic heterocycles. The third-order valence-corrected chi connectivity index (χ3v) is 3.07. The Morgan fingerprint density at radius 2 is 2.21 bits per heavy atom. The maximum atomic E-state index is 8.64. The molecule has 0 heterocycles. The molecule has 0 aliphatic rings. The van der Waals surface area contributed by atoms with Crippen LogP contribution in [0.5, 0.6) is 0 Å². The van der Waals surface area contributed by atoms with Gasteiger partial charge in [-0.1, -0.05) is 52.3 Å². The van der Waals surface area contributed by atoms with Crippen molar-refractivity contribution < 1.29 is 4.84 Å². The summed E-state index contributed by atoms with van der Waals surface area (Å²) >= 11 is 3.47. The average Bonchev–Trinajstić information content (AvgIpc) is 2.44. The van der Waals surface area contributed by atoms with E-state index < -0.39 is 0 Å². The van der Waals surface area contributed by atoms with Crippen LogP contribution in [0.15, 0.2) is 36.4 Å². The number of nitriles is 1. The summed E-state index contributed by atoms with van der Waals surface area (Å²) in [5.41, 5.74) is 10.2. The Morgan fingerprint density at radius 1 is 1.47 bits per heavy atom. The van der Waals surface area contributed by atoms with Gasteiger partial charge in [0.15, 0.2) is 0 Å². The van der Waals surface area contributed by atoms with Crippen molar-refractivity contribution in [3.05, 3.63) is 42.0 Å². The number of alkyl halides is 1. The second-order valence-corrected chi connectivity index (χ2v) is 5.21. The minimum absolute atomic E-state index is 0.146. The van der Waals surface area contributed by atoms with E-state index in [-0.39, 0.29) is 4.83 Å². The lowest BCUT2D eigenvalue weighted by molar-refractivity contribution is 0.0848. The zero-order valence-corrected chi connectivity index (χ0v) is 12.3. The van der Waals surface area contributed by atoms with Crippen LogP contribution in [0.3, 0.4) is 0 Å². The highest BCUT2D eigenvalue weighted by atomic mass is 79.9. The largest absolute Gasteiger partial charge is 0.328 e. The normalized spacial score (nSPS) is 12.8. The molecule has 0 spiro atoms. The molecule has 1 atom stereocenters. The molecule has 0 fully saturated rings. The predicted octanol–water partition coefficient (Wildman–Crippen LogP) is 2.57. The first kappa shape index (κ1) is 15.7. The van der Waals surface area contributed by atoms with Gasteiger partial charge in [-0.05, 0) is 12.0 Å². The van der Waals surface area contributed by atoms with Crippen LogP contribution in [0.4, 0.5) is 0 Å². The fourth-order valence-electron chi connectivity index (χ4n) is 1.45. The highest BCUT2D eigenvalue weighted by molar-refractivity contribution is 9.09. The Bertz CT molecular complexity index is 428. The highest BCUT2D eigenvalue weighted by Crippen LogP contribution is 2.16. The van der Waals surface area contributed by atoms with Gasteiger partial charge in [-0.15, -0.1) is 0 Å². The zero-order valence-electron chi connectivity index (χ0n) is 10.7. The Morgan fingerprint density at radius 3 is 2.84 bits per heavy atom. The molecule has 0 aliphatic carbocycles. The van der Waals surface area contributed by atoms with Gasteiger partial charge in [0.05, 0.1) is 18.4 Å². The van der Waals surface area contributed by atoms with Crippen LogP contribution in [0.2, 0.25) is 0 Å². The van der Waals surface area contributed by atoms with Gasteiger partial charge >= 0.3 is 0 Å². The number of hydroxylamine groups is 1. The summed E-state index contributed by atoms with van der Waals surface area (Å²) < 4.78 is 0. The maximum absolute atomic E-state index is 8.64. The molecule has 0 bridgehead atoms. The molecule has 0 saturated carbocycles. The van der Waals surface area contributed by atoms with Gasteiger partial charge in [0.25, 0.3) is 0 Å². The molecule has 0 aromatic heterocycles. The van der Waals surface area contributed by atoms with Crippen molar-refractivity contribution in [2.75, 3.05) is 13.2 Å². The third kappa shape index (κ3) is 6.39. The van der Waals surface area contributed by atoms with Gasteiger partial charge in [-0.2, -0.15) is 5.26 Å². The number of halogens is 1. The molecule has 3 N–H and O–H groups in total. The van der Waals surface area contributed by atoms with Gasteiger partial charge < -0.3 is 5.73 Å². The van der Waals surface area contributed by atoms with Crippen molar-refractivity contribution in [2.24, 2.45) is 5.73 Å². The van der Waals surface area contributed by atoms with Crippen molar-refractivity contribution in [3.8, 4) is 6.07 Å². The standard InChI is InChI=1S/C14H18BrN3O/c15-13(8-9-16)6-7-14(18-19-11-10-17)12-4-2-1-3-5-12/h1-5,7,13,18H,6,8,10-11,17H2. The molecule has 0 amide bonds. The van der Waals surface area contributed by atoms with Crippen LogP contribution in [0.25, 0.3) is 5.70 Å². The van der Waals surface area contributed by atoms with Crippen molar-refractivity contribution in [1.29, 1.82) is 5.26 Å². The van der Waals surface area contributed by atoms with Crippen molar-refractivity contribution in [1.82, 2.24) is 5.48 Å². The van der Waals surface area contributed by atoms with Gasteiger partial charge in [-0.3, -0.25) is 10.3 Å². The quantitative estimate of drug-likeness (QED) is 0.438. The van der Waals surface area contributed by atoms with Crippen LogP contribution >= 0.6 is 15.9 Å². The molecule has 5 heteroatoms. The van der Waals surface area contributed by atoms with E-state index in [0.717, 1.165) is 17.7 Å². The molecular formula is C14H18BrN3O. The molecule has 19 heavy (non-hydrogen) atoms. The summed E-state index contributed by atoms with van der Waals surface area (Å²) in [5, 5.41) is 8.64. The number of hydrogen-bond donors (Lipinski definition) is 2. The number of nitrogens with two attached hydrogens (primary N) is 1. The number of rotatable bonds is 8. The summed E-state index contributed by atoms with van der Waals surface area (Å²) in [6.07, 6.45) is 3.24. The Kier molecular flexibility index (Phi) is 7.91. The first-order valence-corrected chi connectivity index (χ1v) is 7.04. The van der Waals surface area contributed by atoms with E-state index in [2.05, 4.69) is 27.5 Å². The van der Waals surface area contributed by atoms with E-state index >= 15 is 0 Å². The van der Waals surface area contributed by atoms with Gasteiger partial charge in [0, 0.05) is 17.8 Å². The van der Waals surface area contributed by atoms with E-state index in [1.54, 1.807) is 0 Å². The van der Waals surface area contributed by atoms with Crippen molar-refractivity contribution in [2.45, 2.75) is 17.7 Å². The fourth-order valence-corrected chi connectivity index (χ4v) is 1.78. The molecule has 1 aromatic rings. The van der Waals surface area contributed by atoms with E-state index in [4.69, 9.17) is 15.8 Å². The van der Waals surface area contributed by atoms with Crippen LogP contribution < -0.4 is 11.2 Å². The zero-order chi connectivity index (χ0) is 13.9. The third-order valence-electron chi connectivity index (χ3n) is 2.38. The summed E-state index contributed by atoms with van der Waals surface area (Å²) in [6, 6.07) is 12.0. The number of nitrogens with zero attached hydrogens (tertiary/aromatic N) is 1. The molecule has 4 nitrogen and oxygen atoms in total. The minimum Gasteiger partial charge on any atom is -0.328 e. The van der Waals surface area contributed by atoms with Gasteiger partial charge in [-0.25, -0.2) is 0 Å². The summed E-state index contributed by atoms with van der Waals surface area (Å²) in [4.78, 5) is 5.41. The molecule has 0 radical (unpaired) electrons. The average molecular weight is 324 g/mol. The van der Waals surface area contributed by atoms with Gasteiger partial charge in [0.2, 0.25) is 0 Å². The van der Waals surface area contributed by atoms with Crippen LogP contribution in [0, 0.1) is 11.3 Å². The smallest absolute Gasteiger partial charge is 0.0868 e. The number of benzene rings is 1. The van der Waals surface area contributed by atoms with Crippen LogP contribution in [-0.2, 0) is 4.84 Å². The minimum atomic E-state index is 0.146. The Hall–Kier alpha value is -1.35. The van der Waals surface area contributed by atoms with Crippen LogP contribution in [-0.4, -0.2) is 18.0 Å². The predicted molar refractivity (Wildman–Crippen MR) is 80.1 cm³/mol. The second kappa shape index (κ2) is 9.56. The molecule has 102 valence electrons. The van der Waals surface area contributed by atoms with E-state index in [9.17, 15) is 0 Å². The molecular weight excluding hydrogens is 306 g/mol. The topological polar surface area (TPSA) is 71.1 Å². The second-order valence-electron chi connectivity index (χ2n) is 3.92. The summed E-state index contributed by atoms with van der Waals surface area (Å²) in [5.74, 6) is 0. The SMILES string of the molecule is N#CCC(Br)CC=C(NOCCN)c1ccccc1. The lowest BCUT2D eigenvalue weighted by Gasteiger charge is -2.12. The molecule has 1 rings (SSSR count). The summed E-state index contributed by atoms with van der Waals surface area (Å²) in [7, 11) is 0. The molecule has 1 aromatic carbocycles. The van der Waals surface area contributed by atoms with Crippen LogP contribution in [0.1, 0.15) is 18.4 Å². The Balaban J connectivity index is 2.69. The van der Waals surface area contributed by atoms with Crippen molar-refractivity contribution in [3.63, 3.8) is 0 Å². The van der Waals surface area contributed by atoms with E-state index in [1.807, 2.05) is 36.4 Å². The number of nitrogens with one attached hydrogen (secondary N) is 1.